The van der Waals surface area contributed by atoms with E-state index in [4.69, 9.17) is 14.6 Å². The molecule has 1 atom stereocenters. The van der Waals surface area contributed by atoms with Crippen molar-refractivity contribution in [3.05, 3.63) is 59.7 Å². The molecule has 0 bridgehead atoms. The standard InChI is InChI=1S/C23H25NO6/c1-23(2,3)30-21(27)19(12-20(25)26)24-22(28)29-13-18-16-10-6-4-8-14(16)15-9-5-7-11-17(15)18/h4-11,18-19H,12-13H2,1-3H3,(H,24,28)(H,25,26)/t19-/m0/s1/i24+1. The number of carboxylic acid groups (broad SMARTS) is 1. The molecule has 0 unspecified atom stereocenters. The number of carboxylic acids is 1. The number of aliphatic carboxylic acids is 1. The van der Waals surface area contributed by atoms with Gasteiger partial charge in [0.1, 0.15) is 18.2 Å². The van der Waals surface area contributed by atoms with E-state index in [0.717, 1.165) is 22.3 Å². The molecule has 0 saturated carbocycles. The van der Waals surface area contributed by atoms with Crippen molar-refractivity contribution in [2.45, 2.75) is 44.8 Å². The molecule has 0 saturated heterocycles. The maximum Gasteiger partial charge on any atom is 0.407 e. The molecular weight excluding hydrogens is 387 g/mol. The number of esters is 1. The van der Waals surface area contributed by atoms with Crippen LogP contribution in [0.3, 0.4) is 0 Å². The molecule has 0 heterocycles. The van der Waals surface area contributed by atoms with Crippen molar-refractivity contribution in [2.24, 2.45) is 0 Å². The lowest BCUT2D eigenvalue weighted by molar-refractivity contribution is -0.159. The number of alkyl carbamates (subject to hydrolysis) is 1. The van der Waals surface area contributed by atoms with Crippen molar-refractivity contribution >= 4 is 18.0 Å². The van der Waals surface area contributed by atoms with E-state index in [9.17, 15) is 14.4 Å². The Morgan fingerprint density at radius 1 is 1.00 bits per heavy atom. The Bertz CT molecular complexity index is 917. The molecular formula is C23H25NO6. The van der Waals surface area contributed by atoms with Gasteiger partial charge in [-0.3, -0.25) is 4.79 Å². The molecule has 0 aliphatic heterocycles. The van der Waals surface area contributed by atoms with Crippen LogP contribution < -0.4 is 5.32 Å². The molecule has 0 radical (unpaired) electrons. The van der Waals surface area contributed by atoms with Crippen LogP contribution in [0.1, 0.15) is 44.2 Å². The quantitative estimate of drug-likeness (QED) is 0.554. The topological polar surface area (TPSA) is 102 Å². The third kappa shape index (κ3) is 4.97. The van der Waals surface area contributed by atoms with Crippen LogP contribution in [0, 0.1) is 0 Å². The first kappa shape index (κ1) is 21.4. The monoisotopic (exact) mass is 412 g/mol. The molecule has 3 rings (SSSR count). The number of hydrogen-bond acceptors (Lipinski definition) is 5. The van der Waals surface area contributed by atoms with Crippen LogP contribution in [0.5, 0.6) is 0 Å². The van der Waals surface area contributed by atoms with Gasteiger partial charge in [-0.15, -0.1) is 0 Å². The summed E-state index contributed by atoms with van der Waals surface area (Å²) in [6, 6.07) is 14.5. The molecule has 158 valence electrons. The minimum Gasteiger partial charge on any atom is -0.481 e. The summed E-state index contributed by atoms with van der Waals surface area (Å²) >= 11 is 0. The van der Waals surface area contributed by atoms with E-state index in [1.165, 1.54) is 0 Å². The zero-order valence-electron chi connectivity index (χ0n) is 17.2. The summed E-state index contributed by atoms with van der Waals surface area (Å²) in [4.78, 5) is 35.7. The van der Waals surface area contributed by atoms with E-state index in [1.807, 2.05) is 48.5 Å². The first-order valence-electron chi connectivity index (χ1n) is 9.72. The number of benzene rings is 2. The first-order valence-corrected chi connectivity index (χ1v) is 9.72. The van der Waals surface area contributed by atoms with Crippen LogP contribution >= 0.6 is 0 Å². The zero-order chi connectivity index (χ0) is 21.9. The lowest BCUT2D eigenvalue weighted by atomic mass is 9.98. The predicted molar refractivity (Wildman–Crippen MR) is 110 cm³/mol. The van der Waals surface area contributed by atoms with Gasteiger partial charge in [-0.25, -0.2) is 9.59 Å². The molecule has 1 aliphatic rings. The molecule has 1 amide bonds. The molecule has 2 N–H and O–H groups in total. The highest BCUT2D eigenvalue weighted by Crippen LogP contribution is 2.44. The molecule has 7 nitrogen and oxygen atoms in total. The number of rotatable bonds is 6. The summed E-state index contributed by atoms with van der Waals surface area (Å²) in [6.07, 6.45) is -1.46. The number of hydrogen-bond donors (Lipinski definition) is 2. The second-order valence-electron chi connectivity index (χ2n) is 8.15. The Labute approximate surface area is 175 Å². The molecule has 30 heavy (non-hydrogen) atoms. The molecule has 0 fully saturated rings. The lowest BCUT2D eigenvalue weighted by Crippen LogP contribution is -2.45. The Hall–Kier alpha value is -3.35. The minimum atomic E-state index is -1.34. The van der Waals surface area contributed by atoms with Gasteiger partial charge in [0.15, 0.2) is 0 Å². The van der Waals surface area contributed by atoms with Crippen LogP contribution in [-0.4, -0.2) is 41.4 Å². The predicted octanol–water partition coefficient (Wildman–Crippen LogP) is 3.71. The van der Waals surface area contributed by atoms with E-state index < -0.39 is 36.1 Å². The maximum absolute atomic E-state index is 12.4. The highest BCUT2D eigenvalue weighted by Gasteiger charge is 2.31. The second kappa shape index (κ2) is 8.57. The molecule has 2 aromatic rings. The highest BCUT2D eigenvalue weighted by atomic mass is 16.6. The smallest absolute Gasteiger partial charge is 0.407 e. The van der Waals surface area contributed by atoms with E-state index in [1.54, 1.807) is 20.8 Å². The summed E-state index contributed by atoms with van der Waals surface area (Å²) < 4.78 is 10.6. The third-order valence-corrected chi connectivity index (χ3v) is 4.71. The number of ether oxygens (including phenoxy) is 2. The van der Waals surface area contributed by atoms with Gasteiger partial charge in [-0.05, 0) is 43.0 Å². The van der Waals surface area contributed by atoms with Crippen LogP contribution in [-0.2, 0) is 19.1 Å². The molecule has 2 aromatic carbocycles. The number of carbonyl (C=O) groups is 3. The van der Waals surface area contributed by atoms with Crippen LogP contribution in [0.15, 0.2) is 48.5 Å². The molecule has 0 spiro atoms. The Balaban J connectivity index is 1.68. The number of carbonyl (C=O) groups excluding carboxylic acids is 2. The summed E-state index contributed by atoms with van der Waals surface area (Å²) in [6.45, 7) is 5.05. The highest BCUT2D eigenvalue weighted by molar-refractivity contribution is 5.86. The van der Waals surface area contributed by atoms with Gasteiger partial charge in [0.25, 0.3) is 0 Å². The van der Waals surface area contributed by atoms with Gasteiger partial charge < -0.3 is 19.9 Å². The fourth-order valence-corrected chi connectivity index (χ4v) is 3.52. The van der Waals surface area contributed by atoms with Crippen molar-refractivity contribution in [2.75, 3.05) is 6.61 Å². The van der Waals surface area contributed by atoms with Gasteiger partial charge in [0.2, 0.25) is 0 Å². The summed E-state index contributed by atoms with van der Waals surface area (Å²) in [5.41, 5.74) is 3.50. The molecule has 0 aromatic heterocycles. The van der Waals surface area contributed by atoms with E-state index >= 15 is 0 Å². The normalized spacial score (nSPS) is 13.7. The van der Waals surface area contributed by atoms with Crippen molar-refractivity contribution in [1.82, 2.24) is 5.32 Å². The summed E-state index contributed by atoms with van der Waals surface area (Å²) in [5, 5.41) is 11.4. The average Bonchev–Trinajstić information content (AvgIpc) is 2.98. The second-order valence-corrected chi connectivity index (χ2v) is 8.15. The number of amides is 1. The van der Waals surface area contributed by atoms with Gasteiger partial charge in [-0.1, -0.05) is 48.5 Å². The minimum absolute atomic E-state index is 0.0635. The fourth-order valence-electron chi connectivity index (χ4n) is 3.52. The third-order valence-electron chi connectivity index (χ3n) is 4.71. The van der Waals surface area contributed by atoms with E-state index in [0.29, 0.717) is 0 Å². The van der Waals surface area contributed by atoms with Crippen molar-refractivity contribution in [1.29, 1.82) is 0 Å². The van der Waals surface area contributed by atoms with Crippen molar-refractivity contribution in [3.8, 4) is 11.1 Å². The van der Waals surface area contributed by atoms with Crippen LogP contribution in [0.25, 0.3) is 11.1 Å². The van der Waals surface area contributed by atoms with Gasteiger partial charge >= 0.3 is 18.0 Å². The van der Waals surface area contributed by atoms with Crippen molar-refractivity contribution < 1.29 is 29.0 Å². The van der Waals surface area contributed by atoms with Gasteiger partial charge in [0.05, 0.1) is 6.42 Å². The Morgan fingerprint density at radius 2 is 1.53 bits per heavy atom. The van der Waals surface area contributed by atoms with E-state index in [-0.39, 0.29) is 12.5 Å². The number of nitrogens with one attached hydrogen (secondary N) is 1. The van der Waals surface area contributed by atoms with E-state index in [2.05, 4.69) is 5.32 Å². The average molecular weight is 412 g/mol. The summed E-state index contributed by atoms with van der Waals surface area (Å²) in [7, 11) is 0. The van der Waals surface area contributed by atoms with Crippen LogP contribution in [0.4, 0.5) is 4.79 Å². The SMILES string of the molecule is CC(C)(C)OC(=O)[C@H](CC(=O)O)[15NH]C(=O)OCC1c2ccccc2-c2ccccc21. The molecule has 7 heteroatoms. The van der Waals surface area contributed by atoms with Gasteiger partial charge in [-0.2, -0.15) is 0 Å². The number of fused-ring (bicyclic) bond motifs is 3. The zero-order valence-corrected chi connectivity index (χ0v) is 17.2. The first-order chi connectivity index (χ1) is 14.2. The van der Waals surface area contributed by atoms with Crippen LogP contribution in [0.2, 0.25) is 0 Å². The van der Waals surface area contributed by atoms with Crippen molar-refractivity contribution in [3.63, 3.8) is 0 Å². The Kier molecular flexibility index (Phi) is 6.10. The lowest BCUT2D eigenvalue weighted by Gasteiger charge is -2.24. The Morgan fingerprint density at radius 3 is 2.03 bits per heavy atom. The largest absolute Gasteiger partial charge is 0.481 e. The molecule has 1 aliphatic carbocycles. The fraction of sp³-hybridized carbons (Fsp3) is 0.348. The maximum atomic E-state index is 12.4. The van der Waals surface area contributed by atoms with Gasteiger partial charge in [0, 0.05) is 5.92 Å². The summed E-state index contributed by atoms with van der Waals surface area (Å²) in [5.74, 6) is -2.19.